The maximum Gasteiger partial charge on any atom is 0.108 e. The molecule has 1 aliphatic rings. The van der Waals surface area contributed by atoms with E-state index >= 15 is 0 Å². The predicted octanol–water partition coefficient (Wildman–Crippen LogP) is 5.95. The Morgan fingerprint density at radius 3 is 1.92 bits per heavy atom. The lowest BCUT2D eigenvalue weighted by Crippen LogP contribution is -2.58. The third-order valence-corrected chi connectivity index (χ3v) is 5.34. The van der Waals surface area contributed by atoms with Gasteiger partial charge in [0.2, 0.25) is 0 Å². The van der Waals surface area contributed by atoms with Gasteiger partial charge in [-0.2, -0.15) is 5.06 Å². The summed E-state index contributed by atoms with van der Waals surface area (Å²) in [6.45, 7) is 9.22. The Kier molecular flexibility index (Phi) is 5.31. The van der Waals surface area contributed by atoms with E-state index in [2.05, 4.69) is 93.4 Å². The monoisotopic (exact) mass is 337 g/mol. The lowest BCUT2D eigenvalue weighted by atomic mass is 9.82. The number of rotatable bonds is 5. The maximum atomic E-state index is 6.75. The minimum Gasteiger partial charge on any atom is -0.290 e. The summed E-state index contributed by atoms with van der Waals surface area (Å²) in [6, 6.07) is 21.3. The van der Waals surface area contributed by atoms with Crippen molar-refractivity contribution in [1.82, 2.24) is 5.06 Å². The smallest absolute Gasteiger partial charge is 0.108 e. The Labute approximate surface area is 152 Å². The van der Waals surface area contributed by atoms with Crippen molar-refractivity contribution in [2.45, 2.75) is 70.6 Å². The zero-order chi connectivity index (χ0) is 17.9. The molecule has 0 aromatic heterocycles. The highest BCUT2D eigenvalue weighted by Crippen LogP contribution is 2.41. The van der Waals surface area contributed by atoms with Gasteiger partial charge in [0.1, 0.15) is 6.10 Å². The van der Waals surface area contributed by atoms with Crippen molar-refractivity contribution in [3.63, 3.8) is 0 Å². The van der Waals surface area contributed by atoms with Gasteiger partial charge < -0.3 is 0 Å². The number of piperidine rings is 1. The summed E-state index contributed by atoms with van der Waals surface area (Å²) in [4.78, 5) is 6.75. The van der Waals surface area contributed by atoms with Crippen molar-refractivity contribution in [3.8, 4) is 0 Å². The number of benzene rings is 2. The van der Waals surface area contributed by atoms with Gasteiger partial charge in [-0.25, -0.2) is 0 Å². The molecule has 1 atom stereocenters. The molecule has 1 fully saturated rings. The molecular weight excluding hydrogens is 306 g/mol. The number of hydroxylamine groups is 2. The second-order valence-electron chi connectivity index (χ2n) is 8.47. The van der Waals surface area contributed by atoms with Crippen molar-refractivity contribution >= 4 is 0 Å². The molecule has 1 unspecified atom stereocenters. The number of hydrogen-bond donors (Lipinski definition) is 0. The molecule has 3 rings (SSSR count). The minimum absolute atomic E-state index is 0.0280. The largest absolute Gasteiger partial charge is 0.290 e. The summed E-state index contributed by atoms with van der Waals surface area (Å²) in [5.74, 6) is 0. The second kappa shape index (κ2) is 7.31. The predicted molar refractivity (Wildman–Crippen MR) is 104 cm³/mol. The van der Waals surface area contributed by atoms with Gasteiger partial charge in [-0.1, -0.05) is 60.7 Å². The van der Waals surface area contributed by atoms with E-state index in [4.69, 9.17) is 4.84 Å². The molecule has 2 aromatic carbocycles. The molecule has 2 aromatic rings. The van der Waals surface area contributed by atoms with Crippen LogP contribution in [0.15, 0.2) is 60.7 Å². The standard InChI is InChI=1S/C23H31NO/c1-22(2)16-11-17-23(3,4)24(22)25-21(20-14-9-6-10-15-20)18-19-12-7-5-8-13-19/h5-10,12-15,21H,11,16-18H2,1-4H3. The Bertz CT molecular complexity index is 647. The summed E-state index contributed by atoms with van der Waals surface area (Å²) in [7, 11) is 0. The molecule has 1 aliphatic heterocycles. The highest BCUT2D eigenvalue weighted by Gasteiger charge is 2.43. The maximum absolute atomic E-state index is 6.75. The van der Waals surface area contributed by atoms with Crippen molar-refractivity contribution in [2.75, 3.05) is 0 Å². The first-order chi connectivity index (χ1) is 11.9. The van der Waals surface area contributed by atoms with Crippen molar-refractivity contribution < 1.29 is 4.84 Å². The molecular formula is C23H31NO. The van der Waals surface area contributed by atoms with Crippen LogP contribution in [0.25, 0.3) is 0 Å². The molecule has 0 N–H and O–H groups in total. The van der Waals surface area contributed by atoms with Gasteiger partial charge in [-0.15, -0.1) is 0 Å². The van der Waals surface area contributed by atoms with Gasteiger partial charge in [-0.05, 0) is 58.1 Å². The van der Waals surface area contributed by atoms with E-state index in [9.17, 15) is 0 Å². The fourth-order valence-corrected chi connectivity index (χ4v) is 4.10. The van der Waals surface area contributed by atoms with Crippen LogP contribution < -0.4 is 0 Å². The van der Waals surface area contributed by atoms with Crippen LogP contribution in [0.3, 0.4) is 0 Å². The summed E-state index contributed by atoms with van der Waals surface area (Å²) in [6.07, 6.45) is 4.51. The number of nitrogens with zero attached hydrogens (tertiary/aromatic N) is 1. The Morgan fingerprint density at radius 2 is 1.36 bits per heavy atom. The quantitative estimate of drug-likeness (QED) is 0.669. The summed E-state index contributed by atoms with van der Waals surface area (Å²) >= 11 is 0. The highest BCUT2D eigenvalue weighted by molar-refractivity contribution is 5.22. The fraction of sp³-hybridized carbons (Fsp3) is 0.478. The zero-order valence-corrected chi connectivity index (χ0v) is 16.0. The van der Waals surface area contributed by atoms with Gasteiger partial charge in [0.25, 0.3) is 0 Å². The average Bonchev–Trinajstić information content (AvgIpc) is 2.58. The first-order valence-corrected chi connectivity index (χ1v) is 9.44. The molecule has 2 heteroatoms. The zero-order valence-electron chi connectivity index (χ0n) is 16.0. The first kappa shape index (κ1) is 18.2. The minimum atomic E-state index is 0.0280. The van der Waals surface area contributed by atoms with Gasteiger partial charge in [0.15, 0.2) is 0 Å². The van der Waals surface area contributed by atoms with E-state index < -0.39 is 0 Å². The van der Waals surface area contributed by atoms with Crippen LogP contribution in [0.1, 0.15) is 64.2 Å². The average molecular weight is 338 g/mol. The molecule has 0 amide bonds. The lowest BCUT2D eigenvalue weighted by molar-refractivity contribution is -0.307. The molecule has 0 saturated carbocycles. The normalized spacial score (nSPS) is 21.0. The summed E-state index contributed by atoms with van der Waals surface area (Å²) in [5, 5.41) is 2.28. The van der Waals surface area contributed by atoms with Crippen LogP contribution in [-0.2, 0) is 11.3 Å². The van der Waals surface area contributed by atoms with Crippen LogP contribution in [0, 0.1) is 0 Å². The molecule has 25 heavy (non-hydrogen) atoms. The van der Waals surface area contributed by atoms with Gasteiger partial charge in [0.05, 0.1) is 0 Å². The van der Waals surface area contributed by atoms with E-state index in [1.807, 2.05) is 0 Å². The molecule has 1 heterocycles. The van der Waals surface area contributed by atoms with Crippen LogP contribution in [0.5, 0.6) is 0 Å². The topological polar surface area (TPSA) is 12.5 Å². The highest BCUT2D eigenvalue weighted by atomic mass is 16.7. The van der Waals surface area contributed by atoms with Gasteiger partial charge >= 0.3 is 0 Å². The number of hydrogen-bond acceptors (Lipinski definition) is 2. The van der Waals surface area contributed by atoms with Gasteiger partial charge in [0, 0.05) is 17.5 Å². The van der Waals surface area contributed by atoms with E-state index in [1.54, 1.807) is 0 Å². The van der Waals surface area contributed by atoms with Crippen LogP contribution in [-0.4, -0.2) is 16.1 Å². The van der Waals surface area contributed by atoms with Crippen LogP contribution >= 0.6 is 0 Å². The van der Waals surface area contributed by atoms with E-state index in [0.29, 0.717) is 0 Å². The molecule has 0 spiro atoms. The molecule has 2 nitrogen and oxygen atoms in total. The van der Waals surface area contributed by atoms with Crippen molar-refractivity contribution in [1.29, 1.82) is 0 Å². The second-order valence-corrected chi connectivity index (χ2v) is 8.47. The first-order valence-electron chi connectivity index (χ1n) is 9.44. The van der Waals surface area contributed by atoms with Crippen molar-refractivity contribution in [3.05, 3.63) is 71.8 Å². The Morgan fingerprint density at radius 1 is 0.840 bits per heavy atom. The van der Waals surface area contributed by atoms with Gasteiger partial charge in [-0.3, -0.25) is 4.84 Å². The molecule has 134 valence electrons. The summed E-state index contributed by atoms with van der Waals surface area (Å²) < 4.78 is 0. The fourth-order valence-electron chi connectivity index (χ4n) is 4.10. The summed E-state index contributed by atoms with van der Waals surface area (Å²) in [5.41, 5.74) is 2.64. The lowest BCUT2D eigenvalue weighted by Gasteiger charge is -2.52. The van der Waals surface area contributed by atoms with E-state index in [0.717, 1.165) is 6.42 Å². The van der Waals surface area contributed by atoms with E-state index in [-0.39, 0.29) is 17.2 Å². The Hall–Kier alpha value is -1.64. The van der Waals surface area contributed by atoms with E-state index in [1.165, 1.54) is 30.4 Å². The van der Waals surface area contributed by atoms with Crippen molar-refractivity contribution in [2.24, 2.45) is 0 Å². The Balaban J connectivity index is 1.89. The third kappa shape index (κ3) is 4.31. The van der Waals surface area contributed by atoms with Crippen LogP contribution in [0.2, 0.25) is 0 Å². The SMILES string of the molecule is CC1(C)CCCC(C)(C)N1OC(Cc1ccccc1)c1ccccc1. The van der Waals surface area contributed by atoms with Crippen LogP contribution in [0.4, 0.5) is 0 Å². The molecule has 0 radical (unpaired) electrons. The molecule has 0 aliphatic carbocycles. The third-order valence-electron chi connectivity index (χ3n) is 5.34. The molecule has 0 bridgehead atoms. The molecule has 1 saturated heterocycles.